The molecule has 1 N–H and O–H groups in total. The van der Waals surface area contributed by atoms with E-state index in [0.29, 0.717) is 34.4 Å². The highest BCUT2D eigenvalue weighted by Gasteiger charge is 2.19. The van der Waals surface area contributed by atoms with E-state index in [9.17, 15) is 4.79 Å². The molecule has 2 radical (unpaired) electrons. The van der Waals surface area contributed by atoms with Crippen LogP contribution in [-0.4, -0.2) is 36.6 Å². The number of ether oxygens (including phenoxy) is 1. The number of carbonyl (C=O) groups is 1. The summed E-state index contributed by atoms with van der Waals surface area (Å²) in [4.78, 5) is 27.1. The molecule has 134 valence electrons. The molecule has 1 atom stereocenters. The molecule has 7 heteroatoms. The van der Waals surface area contributed by atoms with Crippen molar-refractivity contribution in [2.24, 2.45) is 0 Å². The zero-order valence-electron chi connectivity index (χ0n) is 14.7. The van der Waals surface area contributed by atoms with Crippen molar-refractivity contribution in [1.29, 1.82) is 0 Å². The van der Waals surface area contributed by atoms with Gasteiger partial charge >= 0.3 is 0 Å². The van der Waals surface area contributed by atoms with Crippen LogP contribution >= 0.6 is 0 Å². The number of aromatic nitrogens is 2. The predicted octanol–water partition coefficient (Wildman–Crippen LogP) is 2.28. The van der Waals surface area contributed by atoms with Gasteiger partial charge in [-0.25, -0.2) is 20.3 Å². The number of nitrogens with one attached hydrogen (secondary N) is 1. The number of benzene rings is 1. The molecule has 6 nitrogen and oxygen atoms in total. The van der Waals surface area contributed by atoms with Crippen LogP contribution in [0.15, 0.2) is 48.7 Å². The summed E-state index contributed by atoms with van der Waals surface area (Å²) in [7, 11) is 5.76. The standard InChI is InChI=1S/C20H18BN3O3/c21-14-8-6-13(7-9-14)17-12-16(15-4-3-10-22-19(15)23-17)20(25)24-27-18-5-1-2-11-26-18/h3-4,6-10,12,18H,1-2,5,11H2,(H,24,25). The third-order valence-electron chi connectivity index (χ3n) is 4.46. The number of carbonyl (C=O) groups excluding carboxylic acids is 1. The molecule has 1 aliphatic rings. The number of nitrogens with zero attached hydrogens (tertiary/aromatic N) is 2. The molecule has 0 saturated carbocycles. The van der Waals surface area contributed by atoms with Crippen molar-refractivity contribution in [2.45, 2.75) is 25.6 Å². The molecule has 3 aromatic rings. The molecule has 4 rings (SSSR count). The molecule has 1 amide bonds. The smallest absolute Gasteiger partial charge is 0.275 e. The van der Waals surface area contributed by atoms with E-state index >= 15 is 0 Å². The molecular weight excluding hydrogens is 341 g/mol. The van der Waals surface area contributed by atoms with Crippen LogP contribution in [0.4, 0.5) is 0 Å². The summed E-state index contributed by atoms with van der Waals surface area (Å²) in [5.41, 5.74) is 5.59. The Morgan fingerprint density at radius 2 is 2.07 bits per heavy atom. The van der Waals surface area contributed by atoms with Gasteiger partial charge in [0.25, 0.3) is 5.91 Å². The van der Waals surface area contributed by atoms with Gasteiger partial charge in [0.1, 0.15) is 7.85 Å². The molecule has 3 heterocycles. The van der Waals surface area contributed by atoms with Crippen molar-refractivity contribution in [2.75, 3.05) is 6.61 Å². The third-order valence-corrected chi connectivity index (χ3v) is 4.46. The maximum atomic E-state index is 12.8. The summed E-state index contributed by atoms with van der Waals surface area (Å²) in [5.74, 6) is -0.360. The monoisotopic (exact) mass is 359 g/mol. The lowest BCUT2D eigenvalue weighted by Crippen LogP contribution is -2.33. The zero-order valence-corrected chi connectivity index (χ0v) is 14.7. The van der Waals surface area contributed by atoms with Gasteiger partial charge in [0.2, 0.25) is 0 Å². The molecule has 0 spiro atoms. The summed E-state index contributed by atoms with van der Waals surface area (Å²) >= 11 is 0. The Labute approximate surface area is 158 Å². The van der Waals surface area contributed by atoms with Gasteiger partial charge in [-0.3, -0.25) is 4.79 Å². The second kappa shape index (κ2) is 7.86. The molecule has 2 aromatic heterocycles. The van der Waals surface area contributed by atoms with E-state index < -0.39 is 6.29 Å². The van der Waals surface area contributed by atoms with Crippen molar-refractivity contribution < 1.29 is 14.4 Å². The van der Waals surface area contributed by atoms with E-state index in [-0.39, 0.29) is 5.91 Å². The predicted molar refractivity (Wildman–Crippen MR) is 103 cm³/mol. The fraction of sp³-hybridized carbons (Fsp3) is 0.250. The first-order valence-corrected chi connectivity index (χ1v) is 8.90. The van der Waals surface area contributed by atoms with Crippen LogP contribution in [0.3, 0.4) is 0 Å². The number of rotatable bonds is 4. The molecule has 1 aliphatic heterocycles. The Kier molecular flexibility index (Phi) is 5.13. The molecule has 1 saturated heterocycles. The topological polar surface area (TPSA) is 73.3 Å². The summed E-state index contributed by atoms with van der Waals surface area (Å²) in [6.07, 6.45) is 4.03. The fourth-order valence-corrected chi connectivity index (χ4v) is 3.03. The number of pyridine rings is 2. The average Bonchev–Trinajstić information content (AvgIpc) is 2.72. The zero-order chi connectivity index (χ0) is 18.6. The van der Waals surface area contributed by atoms with Crippen LogP contribution in [0.2, 0.25) is 0 Å². The Morgan fingerprint density at radius 1 is 1.22 bits per heavy atom. The van der Waals surface area contributed by atoms with Gasteiger partial charge in [0, 0.05) is 30.2 Å². The Bertz CT molecular complexity index is 956. The minimum absolute atomic E-state index is 0.360. The minimum Gasteiger partial charge on any atom is -0.350 e. The highest BCUT2D eigenvalue weighted by atomic mass is 16.8. The molecule has 1 unspecified atom stereocenters. The number of hydroxylamine groups is 1. The number of hydrogen-bond acceptors (Lipinski definition) is 5. The first kappa shape index (κ1) is 17.6. The van der Waals surface area contributed by atoms with Crippen molar-refractivity contribution in [3.8, 4) is 11.3 Å². The number of fused-ring (bicyclic) bond motifs is 1. The van der Waals surface area contributed by atoms with E-state index in [1.165, 1.54) is 0 Å². The summed E-state index contributed by atoms with van der Waals surface area (Å²) < 4.78 is 5.48. The van der Waals surface area contributed by atoms with Crippen molar-refractivity contribution in [3.63, 3.8) is 0 Å². The molecule has 27 heavy (non-hydrogen) atoms. The van der Waals surface area contributed by atoms with Gasteiger partial charge in [-0.1, -0.05) is 29.7 Å². The van der Waals surface area contributed by atoms with Gasteiger partial charge in [-0.2, -0.15) is 0 Å². The van der Waals surface area contributed by atoms with Crippen LogP contribution in [-0.2, 0) is 9.57 Å². The van der Waals surface area contributed by atoms with Crippen molar-refractivity contribution in [1.82, 2.24) is 15.4 Å². The maximum Gasteiger partial charge on any atom is 0.275 e. The molecule has 0 bridgehead atoms. The minimum atomic E-state index is -0.412. The Balaban J connectivity index is 1.65. The second-order valence-electron chi connectivity index (χ2n) is 6.40. The molecule has 1 fully saturated rings. The van der Waals surface area contributed by atoms with Crippen LogP contribution in [0.25, 0.3) is 22.3 Å². The maximum absolute atomic E-state index is 12.8. The van der Waals surface area contributed by atoms with Gasteiger partial charge in [0.15, 0.2) is 11.9 Å². The summed E-state index contributed by atoms with van der Waals surface area (Å²) in [6, 6.07) is 12.6. The fourth-order valence-electron chi connectivity index (χ4n) is 3.03. The van der Waals surface area contributed by atoms with Gasteiger partial charge in [-0.05, 0) is 31.0 Å². The Hall–Kier alpha value is -2.77. The SMILES string of the molecule is [B]c1ccc(-c2cc(C(=O)NOC3CCCCO3)c3cccnc3n2)cc1. The second-order valence-corrected chi connectivity index (χ2v) is 6.40. The Morgan fingerprint density at radius 3 is 2.85 bits per heavy atom. The highest BCUT2D eigenvalue weighted by molar-refractivity contribution is 6.32. The number of hydrogen-bond donors (Lipinski definition) is 1. The first-order chi connectivity index (χ1) is 13.2. The quantitative estimate of drug-likeness (QED) is 0.572. The molecular formula is C20H18BN3O3. The van der Waals surface area contributed by atoms with Gasteiger partial charge in [0.05, 0.1) is 11.3 Å². The van der Waals surface area contributed by atoms with Crippen LogP contribution < -0.4 is 10.9 Å². The molecule has 0 aliphatic carbocycles. The highest BCUT2D eigenvalue weighted by Crippen LogP contribution is 2.23. The van der Waals surface area contributed by atoms with Crippen LogP contribution in [0.5, 0.6) is 0 Å². The summed E-state index contributed by atoms with van der Waals surface area (Å²) in [5, 5.41) is 0.655. The lowest BCUT2D eigenvalue weighted by molar-refractivity contribution is -0.186. The van der Waals surface area contributed by atoms with Crippen LogP contribution in [0, 0.1) is 0 Å². The first-order valence-electron chi connectivity index (χ1n) is 8.90. The van der Waals surface area contributed by atoms with Crippen molar-refractivity contribution >= 4 is 30.2 Å². The van der Waals surface area contributed by atoms with Gasteiger partial charge in [-0.15, -0.1) is 0 Å². The summed E-state index contributed by atoms with van der Waals surface area (Å²) in [6.45, 7) is 0.643. The van der Waals surface area contributed by atoms with Crippen molar-refractivity contribution in [3.05, 3.63) is 54.2 Å². The van der Waals surface area contributed by atoms with Gasteiger partial charge < -0.3 is 4.74 Å². The largest absolute Gasteiger partial charge is 0.350 e. The number of amides is 1. The van der Waals surface area contributed by atoms with E-state index in [0.717, 1.165) is 24.8 Å². The molecule has 1 aromatic carbocycles. The normalized spacial score (nSPS) is 17.0. The lowest BCUT2D eigenvalue weighted by atomic mass is 9.94. The van der Waals surface area contributed by atoms with E-state index in [4.69, 9.17) is 17.4 Å². The van der Waals surface area contributed by atoms with E-state index in [2.05, 4.69) is 15.4 Å². The lowest BCUT2D eigenvalue weighted by Gasteiger charge is -2.22. The van der Waals surface area contributed by atoms with E-state index in [1.807, 2.05) is 18.2 Å². The van der Waals surface area contributed by atoms with E-state index in [1.54, 1.807) is 30.5 Å². The average molecular weight is 359 g/mol. The third kappa shape index (κ3) is 3.99. The van der Waals surface area contributed by atoms with Crippen LogP contribution in [0.1, 0.15) is 29.6 Å².